The summed E-state index contributed by atoms with van der Waals surface area (Å²) in [4.78, 5) is 2.50. The summed E-state index contributed by atoms with van der Waals surface area (Å²) >= 11 is 0. The molecule has 10 aromatic rings. The third-order valence-electron chi connectivity index (χ3n) is 10.9. The SMILES string of the molecule is c1ccc(-c2ccccc2N(c2ccccc2-c2cccc3c2ccc2ccccc23)c2ccccc2-c2cccc3cccc(-c4ccccc4)c23)cc1. The number of nitrogens with zero attached hydrogens (tertiary/aromatic N) is 1. The van der Waals surface area contributed by atoms with Crippen LogP contribution in [0.3, 0.4) is 0 Å². The van der Waals surface area contributed by atoms with E-state index >= 15 is 0 Å². The van der Waals surface area contributed by atoms with E-state index in [4.69, 9.17) is 0 Å². The number of benzene rings is 10. The van der Waals surface area contributed by atoms with Gasteiger partial charge in [-0.3, -0.25) is 0 Å². The molecular formula is C54H37N. The highest BCUT2D eigenvalue weighted by atomic mass is 15.1. The predicted octanol–water partition coefficient (Wildman–Crippen LogP) is 15.3. The minimum Gasteiger partial charge on any atom is -0.309 e. The topological polar surface area (TPSA) is 3.24 Å². The van der Waals surface area contributed by atoms with E-state index in [-0.39, 0.29) is 0 Å². The molecule has 0 atom stereocenters. The lowest BCUT2D eigenvalue weighted by atomic mass is 9.90. The van der Waals surface area contributed by atoms with Crippen molar-refractivity contribution in [1.29, 1.82) is 0 Å². The van der Waals surface area contributed by atoms with Crippen molar-refractivity contribution in [1.82, 2.24) is 0 Å². The van der Waals surface area contributed by atoms with Gasteiger partial charge in [-0.05, 0) is 78.3 Å². The molecule has 0 unspecified atom stereocenters. The zero-order chi connectivity index (χ0) is 36.6. The molecule has 0 saturated heterocycles. The molecular weight excluding hydrogens is 663 g/mol. The summed E-state index contributed by atoms with van der Waals surface area (Å²) in [5.41, 5.74) is 12.8. The van der Waals surface area contributed by atoms with Crippen LogP contribution in [0.25, 0.3) is 76.8 Å². The van der Waals surface area contributed by atoms with Crippen LogP contribution in [0.2, 0.25) is 0 Å². The van der Waals surface area contributed by atoms with E-state index in [1.807, 2.05) is 0 Å². The van der Waals surface area contributed by atoms with Gasteiger partial charge in [0.25, 0.3) is 0 Å². The molecule has 0 aliphatic rings. The lowest BCUT2D eigenvalue weighted by Crippen LogP contribution is -2.13. The maximum absolute atomic E-state index is 2.50. The fraction of sp³-hybridized carbons (Fsp3) is 0. The third-order valence-corrected chi connectivity index (χ3v) is 10.9. The molecule has 0 heterocycles. The van der Waals surface area contributed by atoms with E-state index in [9.17, 15) is 0 Å². The minimum absolute atomic E-state index is 1.11. The van der Waals surface area contributed by atoms with E-state index in [1.54, 1.807) is 0 Å². The molecule has 0 amide bonds. The Morgan fingerprint density at radius 2 is 0.655 bits per heavy atom. The van der Waals surface area contributed by atoms with Crippen LogP contribution in [0.15, 0.2) is 224 Å². The Balaban J connectivity index is 1.28. The first-order valence-corrected chi connectivity index (χ1v) is 18.9. The Morgan fingerprint density at radius 3 is 1.35 bits per heavy atom. The average Bonchev–Trinajstić information content (AvgIpc) is 3.27. The molecule has 0 aliphatic heterocycles. The van der Waals surface area contributed by atoms with Gasteiger partial charge in [0.05, 0.1) is 17.1 Å². The molecule has 10 aromatic carbocycles. The summed E-state index contributed by atoms with van der Waals surface area (Å²) in [6, 6.07) is 81.5. The summed E-state index contributed by atoms with van der Waals surface area (Å²) in [6.07, 6.45) is 0. The fourth-order valence-electron chi connectivity index (χ4n) is 8.41. The van der Waals surface area contributed by atoms with Crippen molar-refractivity contribution in [2.24, 2.45) is 0 Å². The van der Waals surface area contributed by atoms with Gasteiger partial charge in [0.1, 0.15) is 0 Å². The zero-order valence-electron chi connectivity index (χ0n) is 30.3. The molecule has 0 aromatic heterocycles. The quantitative estimate of drug-likeness (QED) is 0.150. The molecule has 0 aliphatic carbocycles. The number of fused-ring (bicyclic) bond motifs is 4. The number of para-hydroxylation sites is 3. The van der Waals surface area contributed by atoms with Gasteiger partial charge in [-0.2, -0.15) is 0 Å². The summed E-state index contributed by atoms with van der Waals surface area (Å²) in [6.45, 7) is 0. The lowest BCUT2D eigenvalue weighted by Gasteiger charge is -2.32. The molecule has 0 saturated carbocycles. The summed E-state index contributed by atoms with van der Waals surface area (Å²) in [5.74, 6) is 0. The highest BCUT2D eigenvalue weighted by Gasteiger charge is 2.24. The number of hydrogen-bond acceptors (Lipinski definition) is 1. The van der Waals surface area contributed by atoms with Crippen molar-refractivity contribution in [3.05, 3.63) is 224 Å². The highest BCUT2D eigenvalue weighted by Crippen LogP contribution is 2.50. The van der Waals surface area contributed by atoms with Gasteiger partial charge in [-0.25, -0.2) is 0 Å². The molecule has 1 heteroatoms. The molecule has 10 rings (SSSR count). The Kier molecular flexibility index (Phi) is 8.24. The van der Waals surface area contributed by atoms with Crippen molar-refractivity contribution in [2.75, 3.05) is 4.90 Å². The molecule has 0 bridgehead atoms. The van der Waals surface area contributed by atoms with Crippen molar-refractivity contribution < 1.29 is 0 Å². The van der Waals surface area contributed by atoms with Crippen molar-refractivity contribution in [3.63, 3.8) is 0 Å². The van der Waals surface area contributed by atoms with Crippen molar-refractivity contribution >= 4 is 49.4 Å². The van der Waals surface area contributed by atoms with Crippen LogP contribution in [-0.4, -0.2) is 0 Å². The smallest absolute Gasteiger partial charge is 0.0540 e. The van der Waals surface area contributed by atoms with Gasteiger partial charge in [-0.15, -0.1) is 0 Å². The normalized spacial score (nSPS) is 11.3. The summed E-state index contributed by atoms with van der Waals surface area (Å²) in [5, 5.41) is 7.47. The lowest BCUT2D eigenvalue weighted by molar-refractivity contribution is 1.28. The van der Waals surface area contributed by atoms with Gasteiger partial charge in [0.15, 0.2) is 0 Å². The first-order valence-electron chi connectivity index (χ1n) is 18.9. The van der Waals surface area contributed by atoms with Crippen LogP contribution < -0.4 is 4.90 Å². The molecule has 1 nitrogen and oxygen atoms in total. The monoisotopic (exact) mass is 699 g/mol. The molecule has 55 heavy (non-hydrogen) atoms. The maximum Gasteiger partial charge on any atom is 0.0540 e. The highest BCUT2D eigenvalue weighted by molar-refractivity contribution is 6.14. The zero-order valence-corrected chi connectivity index (χ0v) is 30.3. The van der Waals surface area contributed by atoms with Gasteiger partial charge in [0.2, 0.25) is 0 Å². The maximum atomic E-state index is 2.50. The van der Waals surface area contributed by atoms with E-state index in [2.05, 4.69) is 229 Å². The molecule has 0 radical (unpaired) electrons. The Hall–Kier alpha value is -7.22. The van der Waals surface area contributed by atoms with Gasteiger partial charge < -0.3 is 4.90 Å². The number of rotatable bonds is 7. The van der Waals surface area contributed by atoms with Gasteiger partial charge >= 0.3 is 0 Å². The van der Waals surface area contributed by atoms with Crippen LogP contribution in [0, 0.1) is 0 Å². The minimum atomic E-state index is 1.11. The Morgan fingerprint density at radius 1 is 0.218 bits per heavy atom. The summed E-state index contributed by atoms with van der Waals surface area (Å²) < 4.78 is 0. The van der Waals surface area contributed by atoms with Crippen LogP contribution in [0.1, 0.15) is 0 Å². The second-order valence-corrected chi connectivity index (χ2v) is 14.0. The van der Waals surface area contributed by atoms with E-state index in [1.165, 1.54) is 71.3 Å². The Labute approximate surface area is 322 Å². The first-order chi connectivity index (χ1) is 27.3. The second kappa shape index (κ2) is 14.0. The van der Waals surface area contributed by atoms with Crippen LogP contribution >= 0.6 is 0 Å². The largest absolute Gasteiger partial charge is 0.309 e. The third kappa shape index (κ3) is 5.75. The van der Waals surface area contributed by atoms with Crippen LogP contribution in [0.5, 0.6) is 0 Å². The first kappa shape index (κ1) is 32.4. The van der Waals surface area contributed by atoms with E-state index in [0.717, 1.165) is 22.6 Å². The van der Waals surface area contributed by atoms with Crippen molar-refractivity contribution in [2.45, 2.75) is 0 Å². The van der Waals surface area contributed by atoms with Gasteiger partial charge in [0, 0.05) is 16.7 Å². The Bertz CT molecular complexity index is 2980. The fourth-order valence-corrected chi connectivity index (χ4v) is 8.41. The van der Waals surface area contributed by atoms with E-state index < -0.39 is 0 Å². The predicted molar refractivity (Wildman–Crippen MR) is 235 cm³/mol. The molecule has 0 spiro atoms. The number of hydrogen-bond donors (Lipinski definition) is 0. The van der Waals surface area contributed by atoms with Gasteiger partial charge in [-0.1, -0.05) is 206 Å². The molecule has 258 valence electrons. The van der Waals surface area contributed by atoms with Crippen molar-refractivity contribution in [3.8, 4) is 44.5 Å². The standard InChI is InChI=1S/C54H37N/c1-3-18-38(19-4-1)43-26-9-12-33-51(43)55(52-34-13-10-27-48(52)46-31-17-30-45-42-25-8-7-22-40(42)36-37-47(45)46)53-35-14-11-28-49(53)50-32-16-24-41-23-15-29-44(54(41)50)39-20-5-2-6-21-39/h1-37H. The summed E-state index contributed by atoms with van der Waals surface area (Å²) in [7, 11) is 0. The van der Waals surface area contributed by atoms with Crippen LogP contribution in [0.4, 0.5) is 17.1 Å². The second-order valence-electron chi connectivity index (χ2n) is 14.0. The average molecular weight is 700 g/mol. The van der Waals surface area contributed by atoms with E-state index in [0.29, 0.717) is 0 Å². The van der Waals surface area contributed by atoms with Crippen LogP contribution in [-0.2, 0) is 0 Å². The molecule has 0 N–H and O–H groups in total. The molecule has 0 fully saturated rings. The number of anilines is 3.